The third-order valence-corrected chi connectivity index (χ3v) is 6.32. The Morgan fingerprint density at radius 2 is 1.61 bits per heavy atom. The number of carboxylic acid groups (broad SMARTS) is 1. The molecule has 5 unspecified atom stereocenters. The zero-order valence-electron chi connectivity index (χ0n) is 18.7. The molecule has 2 heterocycles. The van der Waals surface area contributed by atoms with Gasteiger partial charge in [-0.25, -0.2) is 4.79 Å². The van der Waals surface area contributed by atoms with E-state index < -0.39 is 48.1 Å². The van der Waals surface area contributed by atoms with Gasteiger partial charge in [-0.05, 0) is 44.6 Å². The molecule has 1 aromatic carbocycles. The molecule has 2 aliphatic heterocycles. The molecule has 2 fully saturated rings. The van der Waals surface area contributed by atoms with Crippen molar-refractivity contribution >= 4 is 23.7 Å². The molecule has 0 aromatic heterocycles. The molecule has 33 heavy (non-hydrogen) atoms. The Morgan fingerprint density at radius 1 is 1.03 bits per heavy atom. The predicted molar refractivity (Wildman–Crippen MR) is 119 cm³/mol. The standard InChI is InChI=1S/C23H32N4O6/c1-14(28)19(22(31)27-12-6-10-18(27)23(32)33)25-20(29)17-9-5-11-26(17)21(30)16(24)13-15-7-3-2-4-8-15/h2-4,7-8,14,16-19,28H,5-6,9-13,24H2,1H3,(H,25,29)(H,32,33). The third kappa shape index (κ3) is 5.69. The number of aliphatic hydroxyl groups is 1. The number of likely N-dealkylation sites (tertiary alicyclic amines) is 2. The minimum atomic E-state index is -1.30. The van der Waals surface area contributed by atoms with Crippen LogP contribution < -0.4 is 11.1 Å². The maximum atomic E-state index is 13.0. The molecule has 0 spiro atoms. The van der Waals surface area contributed by atoms with Gasteiger partial charge < -0.3 is 31.1 Å². The molecule has 10 nitrogen and oxygen atoms in total. The van der Waals surface area contributed by atoms with Crippen LogP contribution >= 0.6 is 0 Å². The number of aliphatic hydroxyl groups excluding tert-OH is 1. The highest BCUT2D eigenvalue weighted by Crippen LogP contribution is 2.22. The van der Waals surface area contributed by atoms with Crippen LogP contribution in [0.1, 0.15) is 38.2 Å². The molecule has 3 amide bonds. The average molecular weight is 461 g/mol. The van der Waals surface area contributed by atoms with Crippen molar-refractivity contribution < 1.29 is 29.4 Å². The molecule has 2 aliphatic rings. The number of nitrogens with one attached hydrogen (secondary N) is 1. The van der Waals surface area contributed by atoms with Crippen LogP contribution in [0, 0.1) is 0 Å². The lowest BCUT2D eigenvalue weighted by molar-refractivity contribution is -0.151. The van der Waals surface area contributed by atoms with Gasteiger partial charge in [0.1, 0.15) is 18.1 Å². The van der Waals surface area contributed by atoms with Crippen LogP contribution in [-0.2, 0) is 25.6 Å². The molecule has 10 heteroatoms. The van der Waals surface area contributed by atoms with Crippen molar-refractivity contribution in [2.24, 2.45) is 5.73 Å². The van der Waals surface area contributed by atoms with Crippen LogP contribution in [-0.4, -0.2) is 87.1 Å². The highest BCUT2D eigenvalue weighted by molar-refractivity contribution is 5.95. The van der Waals surface area contributed by atoms with Gasteiger partial charge in [-0.2, -0.15) is 0 Å². The van der Waals surface area contributed by atoms with Crippen LogP contribution in [0.5, 0.6) is 0 Å². The summed E-state index contributed by atoms with van der Waals surface area (Å²) >= 11 is 0. The third-order valence-electron chi connectivity index (χ3n) is 6.32. The summed E-state index contributed by atoms with van der Waals surface area (Å²) in [6.45, 7) is 1.99. The molecule has 0 radical (unpaired) electrons. The molecular formula is C23H32N4O6. The van der Waals surface area contributed by atoms with Gasteiger partial charge in [-0.1, -0.05) is 30.3 Å². The van der Waals surface area contributed by atoms with E-state index in [0.717, 1.165) is 5.56 Å². The van der Waals surface area contributed by atoms with Crippen molar-refractivity contribution in [3.05, 3.63) is 35.9 Å². The normalized spacial score (nSPS) is 23.1. The van der Waals surface area contributed by atoms with Crippen LogP contribution in [0.3, 0.4) is 0 Å². The molecule has 0 aliphatic carbocycles. The van der Waals surface area contributed by atoms with E-state index in [0.29, 0.717) is 38.6 Å². The van der Waals surface area contributed by atoms with Gasteiger partial charge >= 0.3 is 5.97 Å². The Morgan fingerprint density at radius 3 is 2.18 bits per heavy atom. The number of carbonyl (C=O) groups is 4. The van der Waals surface area contributed by atoms with E-state index in [-0.39, 0.29) is 12.5 Å². The topological polar surface area (TPSA) is 153 Å². The molecular weight excluding hydrogens is 428 g/mol. The fraction of sp³-hybridized carbons (Fsp3) is 0.565. The molecule has 2 saturated heterocycles. The Kier molecular flexibility index (Phi) is 8.04. The van der Waals surface area contributed by atoms with Gasteiger partial charge in [0, 0.05) is 13.1 Å². The number of nitrogens with zero attached hydrogens (tertiary/aromatic N) is 2. The van der Waals surface area contributed by atoms with E-state index in [9.17, 15) is 29.4 Å². The van der Waals surface area contributed by atoms with Gasteiger partial charge in [0.15, 0.2) is 0 Å². The lowest BCUT2D eigenvalue weighted by Gasteiger charge is -2.31. The zero-order chi connectivity index (χ0) is 24.1. The largest absolute Gasteiger partial charge is 0.480 e. The number of nitrogens with two attached hydrogens (primary N) is 1. The minimum Gasteiger partial charge on any atom is -0.480 e. The number of rotatable bonds is 8. The quantitative estimate of drug-likeness (QED) is 0.407. The lowest BCUT2D eigenvalue weighted by atomic mass is 10.0. The highest BCUT2D eigenvalue weighted by atomic mass is 16.4. The number of carboxylic acids is 1. The number of benzene rings is 1. The summed E-state index contributed by atoms with van der Waals surface area (Å²) in [4.78, 5) is 53.1. The maximum Gasteiger partial charge on any atom is 0.326 e. The fourth-order valence-corrected chi connectivity index (χ4v) is 4.58. The number of aliphatic carboxylic acids is 1. The van der Waals surface area contributed by atoms with E-state index in [4.69, 9.17) is 5.73 Å². The Balaban J connectivity index is 1.67. The average Bonchev–Trinajstić information content (AvgIpc) is 3.46. The summed E-state index contributed by atoms with van der Waals surface area (Å²) < 4.78 is 0. The predicted octanol–water partition coefficient (Wildman–Crippen LogP) is -0.511. The first-order valence-electron chi connectivity index (χ1n) is 11.3. The smallest absolute Gasteiger partial charge is 0.326 e. The molecule has 5 N–H and O–H groups in total. The van der Waals surface area contributed by atoms with Crippen LogP contribution in [0.4, 0.5) is 0 Å². The summed E-state index contributed by atoms with van der Waals surface area (Å²) in [5.41, 5.74) is 7.05. The van der Waals surface area contributed by atoms with Gasteiger partial charge in [0.25, 0.3) is 0 Å². The second kappa shape index (κ2) is 10.8. The van der Waals surface area contributed by atoms with E-state index in [1.807, 2.05) is 30.3 Å². The molecule has 5 atom stereocenters. The van der Waals surface area contributed by atoms with Gasteiger partial charge in [-0.15, -0.1) is 0 Å². The van der Waals surface area contributed by atoms with Crippen molar-refractivity contribution in [3.63, 3.8) is 0 Å². The van der Waals surface area contributed by atoms with Gasteiger partial charge in [-0.3, -0.25) is 14.4 Å². The second-order valence-corrected chi connectivity index (χ2v) is 8.74. The first-order valence-corrected chi connectivity index (χ1v) is 11.3. The highest BCUT2D eigenvalue weighted by Gasteiger charge is 2.42. The molecule has 1 aromatic rings. The molecule has 0 saturated carbocycles. The van der Waals surface area contributed by atoms with Crippen LogP contribution in [0.25, 0.3) is 0 Å². The number of carbonyl (C=O) groups excluding carboxylic acids is 3. The van der Waals surface area contributed by atoms with Crippen LogP contribution in [0.15, 0.2) is 30.3 Å². The van der Waals surface area contributed by atoms with E-state index >= 15 is 0 Å². The first kappa shape index (κ1) is 24.7. The molecule has 3 rings (SSSR count). The Bertz CT molecular complexity index is 877. The van der Waals surface area contributed by atoms with E-state index in [2.05, 4.69) is 5.32 Å². The summed E-state index contributed by atoms with van der Waals surface area (Å²) in [6.07, 6.45) is 0.992. The Labute approximate surface area is 192 Å². The summed E-state index contributed by atoms with van der Waals surface area (Å²) in [5, 5.41) is 22.1. The minimum absolute atomic E-state index is 0.247. The monoisotopic (exact) mass is 460 g/mol. The number of hydrogen-bond donors (Lipinski definition) is 4. The van der Waals surface area contributed by atoms with Crippen molar-refractivity contribution in [3.8, 4) is 0 Å². The summed E-state index contributed by atoms with van der Waals surface area (Å²) in [6, 6.07) is 5.47. The fourth-order valence-electron chi connectivity index (χ4n) is 4.58. The Hall–Kier alpha value is -2.98. The summed E-state index contributed by atoms with van der Waals surface area (Å²) in [7, 11) is 0. The molecule has 180 valence electrons. The van der Waals surface area contributed by atoms with Crippen molar-refractivity contribution in [1.29, 1.82) is 0 Å². The van der Waals surface area contributed by atoms with Gasteiger partial charge in [0.05, 0.1) is 12.1 Å². The summed E-state index contributed by atoms with van der Waals surface area (Å²) in [5.74, 6) is -2.66. The number of amides is 3. The zero-order valence-corrected chi connectivity index (χ0v) is 18.7. The maximum absolute atomic E-state index is 13.0. The van der Waals surface area contributed by atoms with Crippen molar-refractivity contribution in [2.45, 2.75) is 69.3 Å². The van der Waals surface area contributed by atoms with E-state index in [1.165, 1.54) is 16.7 Å². The second-order valence-electron chi connectivity index (χ2n) is 8.74. The van der Waals surface area contributed by atoms with Crippen molar-refractivity contribution in [1.82, 2.24) is 15.1 Å². The first-order chi connectivity index (χ1) is 15.7. The lowest BCUT2D eigenvalue weighted by Crippen LogP contribution is -2.59. The van der Waals surface area contributed by atoms with Gasteiger partial charge in [0.2, 0.25) is 17.7 Å². The van der Waals surface area contributed by atoms with Crippen molar-refractivity contribution in [2.75, 3.05) is 13.1 Å². The van der Waals surface area contributed by atoms with Crippen LogP contribution in [0.2, 0.25) is 0 Å². The van der Waals surface area contributed by atoms with E-state index in [1.54, 1.807) is 0 Å². The molecule has 0 bridgehead atoms. The number of hydrogen-bond acceptors (Lipinski definition) is 6. The SMILES string of the molecule is CC(O)C(NC(=O)C1CCCN1C(=O)C(N)Cc1ccccc1)C(=O)N1CCCC1C(=O)O.